The Hall–Kier alpha value is -0.480. The largest absolute Gasteiger partial charge is 0.368 e. The maximum absolute atomic E-state index is 6.22. The highest BCUT2D eigenvalue weighted by Crippen LogP contribution is 2.40. The standard InChI is InChI=1S/C15H24ClN3S/c1-4-7-12-18-13(16)11(2)14(19-12)17-10-15(20-3)8-5-6-9-15/h4-10H2,1-3H3,(H,17,18,19). The van der Waals surface area contributed by atoms with E-state index in [0.29, 0.717) is 9.90 Å². The summed E-state index contributed by atoms with van der Waals surface area (Å²) in [6.07, 6.45) is 9.40. The van der Waals surface area contributed by atoms with Crippen molar-refractivity contribution in [3.63, 3.8) is 0 Å². The molecule has 0 bridgehead atoms. The third-order valence-electron chi connectivity index (χ3n) is 4.13. The third-order valence-corrected chi connectivity index (χ3v) is 5.92. The lowest BCUT2D eigenvalue weighted by Crippen LogP contribution is -2.30. The van der Waals surface area contributed by atoms with Crippen LogP contribution in [0.3, 0.4) is 0 Å². The van der Waals surface area contributed by atoms with Crippen LogP contribution in [0, 0.1) is 6.92 Å². The molecule has 1 aliphatic rings. The van der Waals surface area contributed by atoms with Crippen LogP contribution >= 0.6 is 23.4 Å². The quantitative estimate of drug-likeness (QED) is 0.786. The second-order valence-electron chi connectivity index (χ2n) is 5.60. The Labute approximate surface area is 131 Å². The first-order valence-electron chi connectivity index (χ1n) is 7.42. The van der Waals surface area contributed by atoms with Gasteiger partial charge in [-0.05, 0) is 32.4 Å². The van der Waals surface area contributed by atoms with Crippen LogP contribution in [-0.2, 0) is 6.42 Å². The van der Waals surface area contributed by atoms with E-state index in [9.17, 15) is 0 Å². The minimum Gasteiger partial charge on any atom is -0.368 e. The smallest absolute Gasteiger partial charge is 0.137 e. The van der Waals surface area contributed by atoms with Crippen LogP contribution in [-0.4, -0.2) is 27.5 Å². The van der Waals surface area contributed by atoms with Gasteiger partial charge in [0.25, 0.3) is 0 Å². The number of halogens is 1. The van der Waals surface area contributed by atoms with Crippen molar-refractivity contribution in [3.8, 4) is 0 Å². The Morgan fingerprint density at radius 2 is 2.00 bits per heavy atom. The number of anilines is 1. The molecule has 1 aromatic rings. The van der Waals surface area contributed by atoms with Gasteiger partial charge in [-0.1, -0.05) is 31.4 Å². The van der Waals surface area contributed by atoms with Gasteiger partial charge in [0.1, 0.15) is 16.8 Å². The first kappa shape index (κ1) is 15.9. The topological polar surface area (TPSA) is 37.8 Å². The first-order valence-corrected chi connectivity index (χ1v) is 9.02. The molecule has 0 unspecified atom stereocenters. The predicted molar refractivity (Wildman–Crippen MR) is 89.0 cm³/mol. The molecule has 2 rings (SSSR count). The number of thioether (sulfide) groups is 1. The molecule has 1 fully saturated rings. The molecule has 1 heterocycles. The van der Waals surface area contributed by atoms with Crippen LogP contribution in [0.15, 0.2) is 0 Å². The number of aryl methyl sites for hydroxylation is 1. The monoisotopic (exact) mass is 313 g/mol. The van der Waals surface area contributed by atoms with Gasteiger partial charge in [0.05, 0.1) is 0 Å². The van der Waals surface area contributed by atoms with Gasteiger partial charge < -0.3 is 5.32 Å². The van der Waals surface area contributed by atoms with Crippen molar-refractivity contribution in [1.29, 1.82) is 0 Å². The van der Waals surface area contributed by atoms with E-state index >= 15 is 0 Å². The Morgan fingerprint density at radius 3 is 2.60 bits per heavy atom. The van der Waals surface area contributed by atoms with E-state index < -0.39 is 0 Å². The molecule has 0 amide bonds. The lowest BCUT2D eigenvalue weighted by molar-refractivity contribution is 0.637. The molecular formula is C15H24ClN3S. The maximum Gasteiger partial charge on any atom is 0.137 e. The van der Waals surface area contributed by atoms with Crippen LogP contribution < -0.4 is 5.32 Å². The molecule has 1 saturated carbocycles. The van der Waals surface area contributed by atoms with Gasteiger partial charge in [0.2, 0.25) is 0 Å². The van der Waals surface area contributed by atoms with E-state index in [-0.39, 0.29) is 0 Å². The third kappa shape index (κ3) is 3.59. The SMILES string of the molecule is CCCc1nc(Cl)c(C)c(NCC2(SC)CCCC2)n1. The van der Waals surface area contributed by atoms with Crippen LogP contribution in [0.1, 0.15) is 50.4 Å². The normalized spacial score (nSPS) is 17.4. The number of hydrogen-bond acceptors (Lipinski definition) is 4. The van der Waals surface area contributed by atoms with Crippen LogP contribution in [0.4, 0.5) is 5.82 Å². The van der Waals surface area contributed by atoms with Crippen LogP contribution in [0.5, 0.6) is 0 Å². The summed E-state index contributed by atoms with van der Waals surface area (Å²) in [6, 6.07) is 0. The second kappa shape index (κ2) is 6.99. The first-order chi connectivity index (χ1) is 9.60. The Kier molecular flexibility index (Phi) is 5.56. The number of nitrogens with one attached hydrogen (secondary N) is 1. The fourth-order valence-electron chi connectivity index (χ4n) is 2.76. The van der Waals surface area contributed by atoms with Crippen molar-refractivity contribution in [2.45, 2.75) is 57.1 Å². The summed E-state index contributed by atoms with van der Waals surface area (Å²) >= 11 is 8.21. The van der Waals surface area contributed by atoms with Crippen molar-refractivity contribution in [3.05, 3.63) is 16.5 Å². The van der Waals surface area contributed by atoms with Crippen molar-refractivity contribution in [1.82, 2.24) is 9.97 Å². The van der Waals surface area contributed by atoms with Gasteiger partial charge in [0.15, 0.2) is 0 Å². The van der Waals surface area contributed by atoms with E-state index in [1.165, 1.54) is 25.7 Å². The highest BCUT2D eigenvalue weighted by atomic mass is 35.5. The van der Waals surface area contributed by atoms with E-state index in [2.05, 4.69) is 28.5 Å². The van der Waals surface area contributed by atoms with E-state index in [0.717, 1.165) is 36.6 Å². The highest BCUT2D eigenvalue weighted by molar-refractivity contribution is 8.00. The predicted octanol–water partition coefficient (Wildman–Crippen LogP) is 4.48. The average Bonchev–Trinajstić information content (AvgIpc) is 2.91. The van der Waals surface area contributed by atoms with Crippen LogP contribution in [0.25, 0.3) is 0 Å². The number of rotatable bonds is 6. The molecule has 20 heavy (non-hydrogen) atoms. The van der Waals surface area contributed by atoms with Gasteiger partial charge in [-0.2, -0.15) is 11.8 Å². The number of nitrogens with zero attached hydrogens (tertiary/aromatic N) is 2. The molecule has 3 nitrogen and oxygen atoms in total. The summed E-state index contributed by atoms with van der Waals surface area (Å²) in [4.78, 5) is 8.98. The zero-order valence-corrected chi connectivity index (χ0v) is 14.2. The minimum absolute atomic E-state index is 0.370. The molecular weight excluding hydrogens is 290 g/mol. The zero-order chi connectivity index (χ0) is 14.6. The van der Waals surface area contributed by atoms with Crippen molar-refractivity contribution in [2.24, 2.45) is 0 Å². The maximum atomic E-state index is 6.22. The lowest BCUT2D eigenvalue weighted by Gasteiger charge is -2.27. The fraction of sp³-hybridized carbons (Fsp3) is 0.733. The van der Waals surface area contributed by atoms with E-state index in [4.69, 9.17) is 11.6 Å². The molecule has 1 N–H and O–H groups in total. The number of hydrogen-bond donors (Lipinski definition) is 1. The Morgan fingerprint density at radius 1 is 1.30 bits per heavy atom. The zero-order valence-electron chi connectivity index (χ0n) is 12.6. The van der Waals surface area contributed by atoms with Crippen molar-refractivity contribution in [2.75, 3.05) is 18.1 Å². The lowest BCUT2D eigenvalue weighted by atomic mass is 10.1. The summed E-state index contributed by atoms with van der Waals surface area (Å²) in [5, 5.41) is 4.11. The Bertz CT molecular complexity index is 459. The molecule has 1 aliphatic carbocycles. The van der Waals surface area contributed by atoms with Gasteiger partial charge in [-0.3, -0.25) is 0 Å². The molecule has 0 spiro atoms. The molecule has 1 aromatic heterocycles. The van der Waals surface area contributed by atoms with Crippen molar-refractivity contribution >= 4 is 29.2 Å². The van der Waals surface area contributed by atoms with Crippen LogP contribution in [0.2, 0.25) is 5.15 Å². The summed E-state index contributed by atoms with van der Waals surface area (Å²) in [7, 11) is 0. The Balaban J connectivity index is 2.12. The molecule has 0 aromatic carbocycles. The fourth-order valence-corrected chi connectivity index (χ4v) is 3.86. The summed E-state index contributed by atoms with van der Waals surface area (Å²) in [6.45, 7) is 5.08. The summed E-state index contributed by atoms with van der Waals surface area (Å²) < 4.78 is 0.370. The molecule has 0 saturated heterocycles. The highest BCUT2D eigenvalue weighted by Gasteiger charge is 2.32. The minimum atomic E-state index is 0.370. The number of aromatic nitrogens is 2. The van der Waals surface area contributed by atoms with Gasteiger partial charge >= 0.3 is 0 Å². The molecule has 0 radical (unpaired) electrons. The molecule has 0 aliphatic heterocycles. The summed E-state index contributed by atoms with van der Waals surface area (Å²) in [5.74, 6) is 1.75. The van der Waals surface area contributed by atoms with Gasteiger partial charge in [0, 0.05) is 23.3 Å². The molecule has 112 valence electrons. The molecule has 5 heteroatoms. The molecule has 0 atom stereocenters. The summed E-state index contributed by atoms with van der Waals surface area (Å²) in [5.41, 5.74) is 0.959. The van der Waals surface area contributed by atoms with Crippen molar-refractivity contribution < 1.29 is 0 Å². The second-order valence-corrected chi connectivity index (χ2v) is 7.23. The van der Waals surface area contributed by atoms with E-state index in [1.807, 2.05) is 18.7 Å². The van der Waals surface area contributed by atoms with E-state index in [1.54, 1.807) is 0 Å². The average molecular weight is 314 g/mol. The van der Waals surface area contributed by atoms with Gasteiger partial charge in [-0.25, -0.2) is 9.97 Å². The van der Waals surface area contributed by atoms with Gasteiger partial charge in [-0.15, -0.1) is 0 Å².